The Kier molecular flexibility index (Phi) is 3.85. The van der Waals surface area contributed by atoms with Crippen LogP contribution in [-0.2, 0) is 0 Å². The molecule has 1 aromatic carbocycles. The van der Waals surface area contributed by atoms with Gasteiger partial charge in [-0.2, -0.15) is 13.2 Å². The number of alkyl halides is 3. The molecule has 0 bridgehead atoms. The first-order chi connectivity index (χ1) is 6.88. The standard InChI is InChI=1S/C10H10ClF3O/c1-7-2-3-8(11)6-9(7)15-5-4-10(12,13)14/h2-3,6H,4-5H2,1H3. The molecule has 0 radical (unpaired) electrons. The van der Waals surface area contributed by atoms with E-state index in [1.54, 1.807) is 19.1 Å². The van der Waals surface area contributed by atoms with E-state index in [1.807, 2.05) is 0 Å². The SMILES string of the molecule is Cc1ccc(Cl)cc1OCCC(F)(F)F. The van der Waals surface area contributed by atoms with E-state index in [4.69, 9.17) is 16.3 Å². The summed E-state index contributed by atoms with van der Waals surface area (Å²) in [5, 5.41) is 0.447. The monoisotopic (exact) mass is 238 g/mol. The lowest BCUT2D eigenvalue weighted by Crippen LogP contribution is -2.13. The molecule has 1 nitrogen and oxygen atoms in total. The van der Waals surface area contributed by atoms with Gasteiger partial charge in [-0.15, -0.1) is 0 Å². The van der Waals surface area contributed by atoms with Crippen molar-refractivity contribution in [1.82, 2.24) is 0 Å². The molecule has 84 valence electrons. The van der Waals surface area contributed by atoms with E-state index in [2.05, 4.69) is 0 Å². The van der Waals surface area contributed by atoms with Gasteiger partial charge in [-0.05, 0) is 24.6 Å². The van der Waals surface area contributed by atoms with Gasteiger partial charge in [0.05, 0.1) is 13.0 Å². The van der Waals surface area contributed by atoms with Gasteiger partial charge in [0.15, 0.2) is 0 Å². The normalized spacial score (nSPS) is 11.5. The first-order valence-corrected chi connectivity index (χ1v) is 4.72. The summed E-state index contributed by atoms with van der Waals surface area (Å²) >= 11 is 5.68. The third kappa shape index (κ3) is 4.42. The van der Waals surface area contributed by atoms with Crippen LogP contribution >= 0.6 is 11.6 Å². The van der Waals surface area contributed by atoms with Crippen molar-refractivity contribution >= 4 is 11.6 Å². The molecule has 0 aliphatic carbocycles. The Labute approximate surface area is 90.8 Å². The fourth-order valence-corrected chi connectivity index (χ4v) is 1.17. The van der Waals surface area contributed by atoms with E-state index in [-0.39, 0.29) is 6.61 Å². The van der Waals surface area contributed by atoms with Crippen LogP contribution in [0.15, 0.2) is 18.2 Å². The van der Waals surface area contributed by atoms with Gasteiger partial charge < -0.3 is 4.74 Å². The second-order valence-corrected chi connectivity index (χ2v) is 3.56. The molecular formula is C10H10ClF3O. The van der Waals surface area contributed by atoms with Crippen molar-refractivity contribution in [2.75, 3.05) is 6.61 Å². The molecule has 0 unspecified atom stereocenters. The number of ether oxygens (including phenoxy) is 1. The van der Waals surface area contributed by atoms with Crippen LogP contribution in [0.25, 0.3) is 0 Å². The highest BCUT2D eigenvalue weighted by molar-refractivity contribution is 6.30. The summed E-state index contributed by atoms with van der Waals surface area (Å²) in [5.41, 5.74) is 0.765. The summed E-state index contributed by atoms with van der Waals surface area (Å²) in [4.78, 5) is 0. The van der Waals surface area contributed by atoms with Gasteiger partial charge in [0.1, 0.15) is 5.75 Å². The second kappa shape index (κ2) is 4.75. The summed E-state index contributed by atoms with van der Waals surface area (Å²) in [6.45, 7) is 1.37. The molecule has 15 heavy (non-hydrogen) atoms. The first kappa shape index (κ1) is 12.2. The average Bonchev–Trinajstić information content (AvgIpc) is 2.09. The fraction of sp³-hybridized carbons (Fsp3) is 0.400. The summed E-state index contributed by atoms with van der Waals surface area (Å²) in [5.74, 6) is 0.395. The summed E-state index contributed by atoms with van der Waals surface area (Å²) in [7, 11) is 0. The quantitative estimate of drug-likeness (QED) is 0.774. The number of rotatable bonds is 3. The lowest BCUT2D eigenvalue weighted by Gasteiger charge is -2.10. The first-order valence-electron chi connectivity index (χ1n) is 4.34. The highest BCUT2D eigenvalue weighted by atomic mass is 35.5. The predicted molar refractivity (Wildman–Crippen MR) is 52.4 cm³/mol. The number of hydrogen-bond acceptors (Lipinski definition) is 1. The van der Waals surface area contributed by atoms with Crippen LogP contribution < -0.4 is 4.74 Å². The number of benzene rings is 1. The predicted octanol–water partition coefficient (Wildman–Crippen LogP) is 3.98. The lowest BCUT2D eigenvalue weighted by atomic mass is 10.2. The molecule has 0 N–H and O–H groups in total. The molecule has 5 heteroatoms. The van der Waals surface area contributed by atoms with Crippen LogP contribution in [0.1, 0.15) is 12.0 Å². The number of hydrogen-bond donors (Lipinski definition) is 0. The Hall–Kier alpha value is -0.900. The zero-order valence-electron chi connectivity index (χ0n) is 8.07. The van der Waals surface area contributed by atoms with Crippen LogP contribution in [-0.4, -0.2) is 12.8 Å². The summed E-state index contributed by atoms with van der Waals surface area (Å²) < 4.78 is 40.5. The molecule has 1 rings (SSSR count). The van der Waals surface area contributed by atoms with Crippen LogP contribution in [0, 0.1) is 6.92 Å². The molecule has 0 heterocycles. The van der Waals surface area contributed by atoms with E-state index in [1.165, 1.54) is 6.07 Å². The zero-order valence-corrected chi connectivity index (χ0v) is 8.82. The Balaban J connectivity index is 2.54. The second-order valence-electron chi connectivity index (χ2n) is 3.12. The Morgan fingerprint density at radius 2 is 2.00 bits per heavy atom. The van der Waals surface area contributed by atoms with Crippen molar-refractivity contribution in [2.45, 2.75) is 19.5 Å². The molecule has 0 fully saturated rings. The third-order valence-electron chi connectivity index (χ3n) is 1.79. The van der Waals surface area contributed by atoms with E-state index >= 15 is 0 Å². The minimum absolute atomic E-state index is 0.384. The van der Waals surface area contributed by atoms with Crippen LogP contribution in [0.2, 0.25) is 5.02 Å². The minimum atomic E-state index is -4.19. The number of halogens is 4. The van der Waals surface area contributed by atoms with Gasteiger partial charge in [-0.3, -0.25) is 0 Å². The van der Waals surface area contributed by atoms with Gasteiger partial charge in [0.2, 0.25) is 0 Å². The molecule has 0 atom stereocenters. The Morgan fingerprint density at radius 3 is 2.60 bits per heavy atom. The largest absolute Gasteiger partial charge is 0.493 e. The topological polar surface area (TPSA) is 9.23 Å². The fourth-order valence-electron chi connectivity index (χ4n) is 1.01. The van der Waals surface area contributed by atoms with Crippen molar-refractivity contribution in [3.8, 4) is 5.75 Å². The smallest absolute Gasteiger partial charge is 0.392 e. The maximum Gasteiger partial charge on any atom is 0.392 e. The maximum atomic E-state index is 11.8. The minimum Gasteiger partial charge on any atom is -0.493 e. The number of aryl methyl sites for hydroxylation is 1. The lowest BCUT2D eigenvalue weighted by molar-refractivity contribution is -0.139. The maximum absolute atomic E-state index is 11.8. The van der Waals surface area contributed by atoms with Crippen LogP contribution in [0.4, 0.5) is 13.2 Å². The van der Waals surface area contributed by atoms with Crippen molar-refractivity contribution in [2.24, 2.45) is 0 Å². The van der Waals surface area contributed by atoms with Crippen molar-refractivity contribution in [3.63, 3.8) is 0 Å². The van der Waals surface area contributed by atoms with Crippen LogP contribution in [0.3, 0.4) is 0 Å². The van der Waals surface area contributed by atoms with E-state index in [0.717, 1.165) is 5.56 Å². The highest BCUT2D eigenvalue weighted by Gasteiger charge is 2.26. The van der Waals surface area contributed by atoms with Gasteiger partial charge in [0.25, 0.3) is 0 Å². The molecule has 0 aromatic heterocycles. The van der Waals surface area contributed by atoms with Gasteiger partial charge in [-0.1, -0.05) is 17.7 Å². The molecule has 0 aliphatic heterocycles. The molecule has 0 aliphatic rings. The van der Waals surface area contributed by atoms with Gasteiger partial charge >= 0.3 is 6.18 Å². The van der Waals surface area contributed by atoms with Crippen molar-refractivity contribution in [3.05, 3.63) is 28.8 Å². The van der Waals surface area contributed by atoms with Crippen LogP contribution in [0.5, 0.6) is 5.75 Å². The summed E-state index contributed by atoms with van der Waals surface area (Å²) in [6.07, 6.45) is -5.15. The molecule has 0 saturated heterocycles. The van der Waals surface area contributed by atoms with Gasteiger partial charge in [0, 0.05) is 5.02 Å². The Bertz CT molecular complexity index is 336. The van der Waals surface area contributed by atoms with E-state index < -0.39 is 12.6 Å². The molecule has 0 saturated carbocycles. The molecule has 1 aromatic rings. The van der Waals surface area contributed by atoms with E-state index in [9.17, 15) is 13.2 Å². The zero-order chi connectivity index (χ0) is 11.5. The van der Waals surface area contributed by atoms with Crippen molar-refractivity contribution in [1.29, 1.82) is 0 Å². The molecule has 0 spiro atoms. The highest BCUT2D eigenvalue weighted by Crippen LogP contribution is 2.24. The third-order valence-corrected chi connectivity index (χ3v) is 2.03. The van der Waals surface area contributed by atoms with Crippen molar-refractivity contribution < 1.29 is 17.9 Å². The molecular weight excluding hydrogens is 229 g/mol. The molecule has 0 amide bonds. The van der Waals surface area contributed by atoms with E-state index in [0.29, 0.717) is 10.8 Å². The summed E-state index contributed by atoms with van der Waals surface area (Å²) in [6, 6.07) is 4.87. The average molecular weight is 239 g/mol. The van der Waals surface area contributed by atoms with Gasteiger partial charge in [-0.25, -0.2) is 0 Å². The Morgan fingerprint density at radius 1 is 1.33 bits per heavy atom.